The van der Waals surface area contributed by atoms with Crippen molar-refractivity contribution >= 4 is 55.7 Å². The number of anilines is 6. The van der Waals surface area contributed by atoms with E-state index in [0.29, 0.717) is 0 Å². The number of nitrogens with one attached hydrogen (secondary N) is 3. The van der Waals surface area contributed by atoms with Gasteiger partial charge in [0.15, 0.2) is 0 Å². The van der Waals surface area contributed by atoms with Gasteiger partial charge in [0.05, 0.1) is 16.2 Å². The van der Waals surface area contributed by atoms with Crippen molar-refractivity contribution in [3.05, 3.63) is 540 Å². The van der Waals surface area contributed by atoms with Crippen molar-refractivity contribution in [2.24, 2.45) is 0 Å². The van der Waals surface area contributed by atoms with Crippen molar-refractivity contribution < 1.29 is 0 Å². The van der Waals surface area contributed by atoms with Crippen LogP contribution in [0.15, 0.2) is 473 Å². The summed E-state index contributed by atoms with van der Waals surface area (Å²) in [6.45, 7) is 0. The van der Waals surface area contributed by atoms with Crippen molar-refractivity contribution in [1.82, 2.24) is 0 Å². The Kier molecular flexibility index (Phi) is 18.3. The van der Waals surface area contributed by atoms with Crippen molar-refractivity contribution in [3.8, 4) is 55.6 Å². The largest absolute Gasteiger partial charge is 0.356 e. The molecule has 0 saturated carbocycles. The van der Waals surface area contributed by atoms with Gasteiger partial charge in [0.25, 0.3) is 0 Å². The quantitative estimate of drug-likeness (QED) is 0.102. The van der Waals surface area contributed by atoms with Crippen molar-refractivity contribution in [2.45, 2.75) is 16.2 Å². The first-order valence-corrected chi connectivity index (χ1v) is 40.1. The molecule has 22 rings (SSSR count). The van der Waals surface area contributed by atoms with E-state index in [2.05, 4.69) is 489 Å². The molecule has 3 N–H and O–H groups in total. The summed E-state index contributed by atoms with van der Waals surface area (Å²) in [7, 11) is 0. The Balaban J connectivity index is 0.000000113. The maximum atomic E-state index is 3.74. The molecule has 0 fully saturated rings. The Labute approximate surface area is 678 Å². The lowest BCUT2D eigenvalue weighted by atomic mass is 9.67. The van der Waals surface area contributed by atoms with Gasteiger partial charge >= 0.3 is 0 Å². The fourth-order valence-corrected chi connectivity index (χ4v) is 18.9. The molecule has 0 unspecified atom stereocenters. The normalized spacial score (nSPS) is 13.0. The summed E-state index contributed by atoms with van der Waals surface area (Å²) in [5.41, 5.74) is 33.6. The minimum Gasteiger partial charge on any atom is -0.356 e. The highest BCUT2D eigenvalue weighted by Gasteiger charge is 2.49. The van der Waals surface area contributed by atoms with Crippen molar-refractivity contribution in [1.29, 1.82) is 0 Å². The first kappa shape index (κ1) is 70.2. The molecule has 3 heteroatoms. The summed E-state index contributed by atoms with van der Waals surface area (Å²) < 4.78 is 0. The van der Waals surface area contributed by atoms with Gasteiger partial charge in [0, 0.05) is 39.5 Å². The van der Waals surface area contributed by atoms with Gasteiger partial charge in [0.2, 0.25) is 0 Å². The van der Waals surface area contributed by atoms with E-state index in [1.807, 2.05) is 0 Å². The van der Waals surface area contributed by atoms with Gasteiger partial charge in [-0.25, -0.2) is 0 Å². The van der Waals surface area contributed by atoms with E-state index in [-0.39, 0.29) is 10.8 Å². The zero-order valence-corrected chi connectivity index (χ0v) is 64.0. The average Bonchev–Trinajstić information content (AvgIpc) is 1.47. The fourth-order valence-electron chi connectivity index (χ4n) is 18.9. The predicted molar refractivity (Wildman–Crippen MR) is 486 cm³/mol. The molecule has 19 aromatic carbocycles. The van der Waals surface area contributed by atoms with Gasteiger partial charge in [-0.15, -0.1) is 0 Å². The highest BCUT2D eigenvalue weighted by molar-refractivity contribution is 5.97. The predicted octanol–water partition coefficient (Wildman–Crippen LogP) is 29.0. The SMILES string of the molecule is c1ccc(-c2ccc(Nc3ccc4c(c3)C(c3ccccc3)(c3ccccc3)c3ccccc3-4)cc2)cc1.c1ccc(C2(c3ccccc3)c3ccccc3-c3ccc(Nc4ccc(-c5ccc6ccccc6c5)cc4)cc32)cc1.c1ccc(C2(c3ccccc3)c3ccccc3-c3ccc(Nc4cccc5ccccc45)cc32)cc1. The minimum atomic E-state index is -0.397. The highest BCUT2D eigenvalue weighted by atomic mass is 14.9. The molecule has 19 aromatic rings. The number of rotatable bonds is 14. The standard InChI is InChI=1S/C41H29N.C37H27N.C35H25N/c1-3-13-33(14-4-1)41(34-15-5-2-6-16-34)39-18-10-9-17-37(39)38-26-25-36(28-40(38)41)42-35-23-21-30(22-24-35)32-20-19-29-11-7-8-12-31(29)27-32;1-4-12-27(13-5-1)28-20-22-31(23-21-28)38-32-24-25-34-33-18-10-11-19-35(33)37(36(34)26-32,29-14-6-2-7-15-29)30-16-8-3-9-17-30;1-3-14-26(15-4-1)35(27-16-5-2-6-17-27)32-20-10-9-19-30(32)31-23-22-28(24-33(31)35)36-34-21-11-13-25-12-7-8-18-29(25)34/h1-28,42H;1-26,38H;1-24,36H. The molecule has 0 aromatic heterocycles. The first-order chi connectivity index (χ1) is 57.5. The Morgan fingerprint density at radius 1 is 0.147 bits per heavy atom. The zero-order valence-electron chi connectivity index (χ0n) is 64.0. The molecule has 0 amide bonds. The Morgan fingerprint density at radius 3 is 0.819 bits per heavy atom. The van der Waals surface area contributed by atoms with Crippen LogP contribution in [0, 0.1) is 0 Å². The molecule has 3 nitrogen and oxygen atoms in total. The van der Waals surface area contributed by atoms with Crippen molar-refractivity contribution in [3.63, 3.8) is 0 Å². The van der Waals surface area contributed by atoms with Gasteiger partial charge < -0.3 is 16.0 Å². The maximum Gasteiger partial charge on any atom is 0.0714 e. The molecule has 3 aliphatic carbocycles. The van der Waals surface area contributed by atoms with Gasteiger partial charge in [-0.05, 0) is 211 Å². The molecular weight excluding hydrogens is 1400 g/mol. The molecule has 3 aliphatic rings. The summed E-state index contributed by atoms with van der Waals surface area (Å²) in [6, 6.07) is 171. The van der Waals surface area contributed by atoms with Crippen LogP contribution < -0.4 is 16.0 Å². The van der Waals surface area contributed by atoms with Crippen LogP contribution in [-0.2, 0) is 16.2 Å². The number of benzene rings is 19. The van der Waals surface area contributed by atoms with Crippen LogP contribution in [0.1, 0.15) is 66.8 Å². The third-order valence-corrected chi connectivity index (χ3v) is 24.0. The molecule has 0 saturated heterocycles. The maximum absolute atomic E-state index is 3.74. The molecule has 116 heavy (non-hydrogen) atoms. The Bertz CT molecular complexity index is 6620. The van der Waals surface area contributed by atoms with Gasteiger partial charge in [-0.1, -0.05) is 400 Å². The van der Waals surface area contributed by atoms with Crippen molar-refractivity contribution in [2.75, 3.05) is 16.0 Å². The van der Waals surface area contributed by atoms with Crippen LogP contribution in [-0.4, -0.2) is 0 Å². The third kappa shape index (κ3) is 12.3. The van der Waals surface area contributed by atoms with Gasteiger partial charge in [-0.3, -0.25) is 0 Å². The van der Waals surface area contributed by atoms with E-state index in [1.54, 1.807) is 0 Å². The lowest BCUT2D eigenvalue weighted by Gasteiger charge is -2.34. The second kappa shape index (κ2) is 30.3. The summed E-state index contributed by atoms with van der Waals surface area (Å²) in [5, 5.41) is 16.1. The second-order valence-electron chi connectivity index (χ2n) is 30.3. The monoisotopic (exact) mass is 1480 g/mol. The molecule has 548 valence electrons. The van der Waals surface area contributed by atoms with E-state index in [9.17, 15) is 0 Å². The van der Waals surface area contributed by atoms with Crippen LogP contribution in [0.3, 0.4) is 0 Å². The van der Waals surface area contributed by atoms with Crippen LogP contribution >= 0.6 is 0 Å². The molecule has 0 radical (unpaired) electrons. The number of hydrogen-bond donors (Lipinski definition) is 3. The highest BCUT2D eigenvalue weighted by Crippen LogP contribution is 2.60. The third-order valence-electron chi connectivity index (χ3n) is 24.0. The fraction of sp³-hybridized carbons (Fsp3) is 0.0265. The first-order valence-electron chi connectivity index (χ1n) is 40.1. The Morgan fingerprint density at radius 2 is 0.422 bits per heavy atom. The smallest absolute Gasteiger partial charge is 0.0714 e. The van der Waals surface area contributed by atoms with E-state index in [1.165, 1.54) is 144 Å². The molecule has 0 aliphatic heterocycles. The second-order valence-corrected chi connectivity index (χ2v) is 30.3. The number of hydrogen-bond acceptors (Lipinski definition) is 3. The van der Waals surface area contributed by atoms with Gasteiger partial charge in [-0.2, -0.15) is 0 Å². The molecule has 0 bridgehead atoms. The lowest BCUT2D eigenvalue weighted by molar-refractivity contribution is 0.769. The molecular formula is C113H81N3. The Hall–Kier alpha value is -14.9. The van der Waals surface area contributed by atoms with Crippen LogP contribution in [0.5, 0.6) is 0 Å². The lowest BCUT2D eigenvalue weighted by Crippen LogP contribution is -2.28. The van der Waals surface area contributed by atoms with E-state index in [0.717, 1.165) is 34.1 Å². The van der Waals surface area contributed by atoms with Crippen LogP contribution in [0.2, 0.25) is 0 Å². The summed E-state index contributed by atoms with van der Waals surface area (Å²) in [5.74, 6) is 0. The van der Waals surface area contributed by atoms with E-state index >= 15 is 0 Å². The topological polar surface area (TPSA) is 36.1 Å². The zero-order chi connectivity index (χ0) is 77.3. The average molecular weight is 1480 g/mol. The number of fused-ring (bicyclic) bond motifs is 11. The van der Waals surface area contributed by atoms with Crippen LogP contribution in [0.4, 0.5) is 34.1 Å². The molecule has 0 spiro atoms. The van der Waals surface area contributed by atoms with Gasteiger partial charge in [0.1, 0.15) is 0 Å². The van der Waals surface area contributed by atoms with E-state index < -0.39 is 5.41 Å². The van der Waals surface area contributed by atoms with Crippen LogP contribution in [0.25, 0.3) is 77.2 Å². The molecule has 0 atom stereocenters. The summed E-state index contributed by atoms with van der Waals surface area (Å²) in [6.07, 6.45) is 0. The summed E-state index contributed by atoms with van der Waals surface area (Å²) in [4.78, 5) is 0. The van der Waals surface area contributed by atoms with E-state index in [4.69, 9.17) is 0 Å². The summed E-state index contributed by atoms with van der Waals surface area (Å²) >= 11 is 0. The molecule has 0 heterocycles. The minimum absolute atomic E-state index is 0.384.